The molecule has 1 saturated heterocycles. The normalized spacial score (nSPS) is 16.8. The fourth-order valence-electron chi connectivity index (χ4n) is 3.50. The Morgan fingerprint density at radius 2 is 1.77 bits per heavy atom. The highest BCUT2D eigenvalue weighted by Gasteiger charge is 2.25. The number of hydrogen-bond acceptors (Lipinski definition) is 4. The van der Waals surface area contributed by atoms with E-state index in [1.165, 1.54) is 5.56 Å². The molecule has 134 valence electrons. The molecular formula is C22H24N2O2. The Morgan fingerprint density at radius 1 is 0.885 bits per heavy atom. The lowest BCUT2D eigenvalue weighted by Crippen LogP contribution is -2.32. The first-order valence-corrected chi connectivity index (χ1v) is 9.21. The summed E-state index contributed by atoms with van der Waals surface area (Å²) in [5.41, 5.74) is 1.19. The molecule has 1 aliphatic rings. The van der Waals surface area contributed by atoms with Gasteiger partial charge in [-0.3, -0.25) is 4.90 Å². The number of rotatable bonds is 5. The fourth-order valence-corrected chi connectivity index (χ4v) is 3.50. The third-order valence-corrected chi connectivity index (χ3v) is 4.71. The van der Waals surface area contributed by atoms with Crippen LogP contribution in [0.4, 0.5) is 0 Å². The van der Waals surface area contributed by atoms with Gasteiger partial charge < -0.3 is 14.5 Å². The maximum Gasteiger partial charge on any atom is 0.127 e. The van der Waals surface area contributed by atoms with Gasteiger partial charge in [0.05, 0.1) is 12.3 Å². The van der Waals surface area contributed by atoms with Crippen LogP contribution in [0.5, 0.6) is 11.5 Å². The lowest BCUT2D eigenvalue weighted by Gasteiger charge is -2.29. The van der Waals surface area contributed by atoms with E-state index >= 15 is 0 Å². The lowest BCUT2D eigenvalue weighted by atomic mass is 10.0. The van der Waals surface area contributed by atoms with Crippen molar-refractivity contribution in [3.8, 4) is 11.5 Å². The lowest BCUT2D eigenvalue weighted by molar-refractivity contribution is 0.216. The third kappa shape index (κ3) is 3.98. The van der Waals surface area contributed by atoms with Crippen LogP contribution < -0.4 is 10.1 Å². The maximum atomic E-state index is 6.04. The zero-order valence-corrected chi connectivity index (χ0v) is 14.8. The molecule has 0 aliphatic carbocycles. The van der Waals surface area contributed by atoms with Crippen LogP contribution in [-0.4, -0.2) is 31.1 Å². The first-order chi connectivity index (χ1) is 12.9. The highest BCUT2D eigenvalue weighted by molar-refractivity contribution is 5.37. The molecule has 4 rings (SSSR count). The van der Waals surface area contributed by atoms with Gasteiger partial charge >= 0.3 is 0 Å². The van der Waals surface area contributed by atoms with Crippen molar-refractivity contribution in [2.75, 3.05) is 26.2 Å². The largest absolute Gasteiger partial charge is 0.467 e. The highest BCUT2D eigenvalue weighted by atomic mass is 16.5. The summed E-state index contributed by atoms with van der Waals surface area (Å²) in [5.74, 6) is 2.67. The summed E-state index contributed by atoms with van der Waals surface area (Å²) in [6.07, 6.45) is 2.89. The van der Waals surface area contributed by atoms with Gasteiger partial charge in [0.2, 0.25) is 0 Å². The first kappa shape index (κ1) is 16.9. The molecule has 1 N–H and O–H groups in total. The second-order valence-corrected chi connectivity index (χ2v) is 6.55. The van der Waals surface area contributed by atoms with Gasteiger partial charge in [0.15, 0.2) is 0 Å². The van der Waals surface area contributed by atoms with E-state index in [4.69, 9.17) is 9.15 Å². The summed E-state index contributed by atoms with van der Waals surface area (Å²) in [6.45, 7) is 4.10. The molecule has 1 aromatic heterocycles. The molecule has 26 heavy (non-hydrogen) atoms. The van der Waals surface area contributed by atoms with E-state index in [1.807, 2.05) is 42.5 Å². The van der Waals surface area contributed by atoms with Crippen molar-refractivity contribution in [1.29, 1.82) is 0 Å². The van der Waals surface area contributed by atoms with E-state index in [9.17, 15) is 0 Å². The summed E-state index contributed by atoms with van der Waals surface area (Å²) in [7, 11) is 0. The molecule has 3 aromatic rings. The van der Waals surface area contributed by atoms with Gasteiger partial charge in [0, 0.05) is 19.6 Å². The van der Waals surface area contributed by atoms with Gasteiger partial charge in [-0.05, 0) is 54.9 Å². The second-order valence-electron chi connectivity index (χ2n) is 6.55. The zero-order valence-electron chi connectivity index (χ0n) is 14.8. The molecule has 1 unspecified atom stereocenters. The van der Waals surface area contributed by atoms with Crippen LogP contribution in [0.3, 0.4) is 0 Å². The SMILES string of the molecule is c1ccc(Oc2cccc(C(c3ccco3)N3CCCNCC3)c2)cc1. The zero-order chi connectivity index (χ0) is 17.6. The molecule has 0 saturated carbocycles. The third-order valence-electron chi connectivity index (χ3n) is 4.71. The van der Waals surface area contributed by atoms with Crippen LogP contribution >= 0.6 is 0 Å². The highest BCUT2D eigenvalue weighted by Crippen LogP contribution is 2.32. The van der Waals surface area contributed by atoms with Gasteiger partial charge in [-0.1, -0.05) is 30.3 Å². The Bertz CT molecular complexity index is 794. The topological polar surface area (TPSA) is 37.6 Å². The predicted molar refractivity (Wildman–Crippen MR) is 103 cm³/mol. The average Bonchev–Trinajstić information content (AvgIpc) is 3.06. The minimum absolute atomic E-state index is 0.101. The number of ether oxygens (including phenoxy) is 1. The molecular weight excluding hydrogens is 324 g/mol. The first-order valence-electron chi connectivity index (χ1n) is 9.21. The van der Waals surface area contributed by atoms with Crippen molar-refractivity contribution in [3.05, 3.63) is 84.3 Å². The van der Waals surface area contributed by atoms with Gasteiger partial charge in [-0.25, -0.2) is 0 Å². The van der Waals surface area contributed by atoms with Crippen molar-refractivity contribution in [2.24, 2.45) is 0 Å². The fraction of sp³-hybridized carbons (Fsp3) is 0.273. The Balaban J connectivity index is 1.64. The number of nitrogens with zero attached hydrogens (tertiary/aromatic N) is 1. The molecule has 0 radical (unpaired) electrons. The molecule has 0 spiro atoms. The number of furan rings is 1. The van der Waals surface area contributed by atoms with Crippen LogP contribution in [0.25, 0.3) is 0 Å². The smallest absolute Gasteiger partial charge is 0.127 e. The molecule has 2 heterocycles. The van der Waals surface area contributed by atoms with E-state index in [0.717, 1.165) is 49.9 Å². The Kier molecular flexibility index (Phi) is 5.33. The molecule has 2 aromatic carbocycles. The van der Waals surface area contributed by atoms with Gasteiger partial charge in [-0.2, -0.15) is 0 Å². The Hall–Kier alpha value is -2.56. The van der Waals surface area contributed by atoms with Crippen molar-refractivity contribution in [2.45, 2.75) is 12.5 Å². The van der Waals surface area contributed by atoms with Crippen LogP contribution in [0.15, 0.2) is 77.4 Å². The standard InChI is InChI=1S/C22H24N2O2/c1-2-8-19(9-3-1)26-20-10-4-7-18(17-20)22(21-11-5-16-25-21)24-14-6-12-23-13-15-24/h1-5,7-11,16-17,22-23H,6,12-15H2. The maximum absolute atomic E-state index is 6.04. The van der Waals surface area contributed by atoms with Crippen LogP contribution in [0, 0.1) is 0 Å². The summed E-state index contributed by atoms with van der Waals surface area (Å²) in [6, 6.07) is 22.4. The van der Waals surface area contributed by atoms with E-state index in [2.05, 4.69) is 34.5 Å². The molecule has 1 atom stereocenters. The van der Waals surface area contributed by atoms with Gasteiger partial charge in [0.1, 0.15) is 17.3 Å². The molecule has 1 fully saturated rings. The average molecular weight is 348 g/mol. The minimum atomic E-state index is 0.101. The van der Waals surface area contributed by atoms with E-state index in [0.29, 0.717) is 0 Å². The van der Waals surface area contributed by atoms with Crippen molar-refractivity contribution >= 4 is 0 Å². The number of hydrogen-bond donors (Lipinski definition) is 1. The quantitative estimate of drug-likeness (QED) is 0.739. The second kappa shape index (κ2) is 8.21. The van der Waals surface area contributed by atoms with Crippen LogP contribution in [0.2, 0.25) is 0 Å². The molecule has 4 heteroatoms. The molecule has 4 nitrogen and oxygen atoms in total. The van der Waals surface area contributed by atoms with Crippen molar-refractivity contribution in [1.82, 2.24) is 10.2 Å². The monoisotopic (exact) mass is 348 g/mol. The predicted octanol–water partition coefficient (Wildman–Crippen LogP) is 4.46. The summed E-state index contributed by atoms with van der Waals surface area (Å²) in [5, 5.41) is 3.48. The summed E-state index contributed by atoms with van der Waals surface area (Å²) >= 11 is 0. The molecule has 0 amide bonds. The van der Waals surface area contributed by atoms with E-state index < -0.39 is 0 Å². The summed E-state index contributed by atoms with van der Waals surface area (Å²) in [4.78, 5) is 2.49. The van der Waals surface area contributed by atoms with E-state index in [-0.39, 0.29) is 6.04 Å². The molecule has 1 aliphatic heterocycles. The Labute approximate surface area is 154 Å². The van der Waals surface area contributed by atoms with Crippen LogP contribution in [0.1, 0.15) is 23.8 Å². The van der Waals surface area contributed by atoms with Gasteiger partial charge in [-0.15, -0.1) is 0 Å². The van der Waals surface area contributed by atoms with E-state index in [1.54, 1.807) is 6.26 Å². The van der Waals surface area contributed by atoms with Crippen molar-refractivity contribution < 1.29 is 9.15 Å². The summed E-state index contributed by atoms with van der Waals surface area (Å²) < 4.78 is 11.8. The number of para-hydroxylation sites is 1. The Morgan fingerprint density at radius 3 is 2.62 bits per heavy atom. The number of benzene rings is 2. The molecule has 0 bridgehead atoms. The van der Waals surface area contributed by atoms with Gasteiger partial charge in [0.25, 0.3) is 0 Å². The minimum Gasteiger partial charge on any atom is -0.467 e. The number of nitrogens with one attached hydrogen (secondary N) is 1. The van der Waals surface area contributed by atoms with Crippen molar-refractivity contribution in [3.63, 3.8) is 0 Å². The van der Waals surface area contributed by atoms with Crippen LogP contribution in [-0.2, 0) is 0 Å².